The van der Waals surface area contributed by atoms with E-state index < -0.39 is 0 Å². The number of hydrogen-bond acceptors (Lipinski definition) is 4. The Labute approximate surface area is 175 Å². The molecule has 3 aromatic rings. The standard InChI is InChI=1S/C19H21N5S.HI/c1-2-20-19(22-12-16-10-6-7-11-21-16)23-13-18-24-17(14-25-18)15-8-4-3-5-9-15;/h3-11,14H,2,12-13H2,1H3,(H2,20,22,23);1H. The predicted octanol–water partition coefficient (Wildman–Crippen LogP) is 4.08. The van der Waals surface area contributed by atoms with E-state index >= 15 is 0 Å². The summed E-state index contributed by atoms with van der Waals surface area (Å²) in [5.41, 5.74) is 3.10. The highest BCUT2D eigenvalue weighted by atomic mass is 127. The van der Waals surface area contributed by atoms with E-state index in [1.807, 2.05) is 36.4 Å². The molecule has 7 heteroatoms. The number of nitrogens with one attached hydrogen (secondary N) is 2. The van der Waals surface area contributed by atoms with Gasteiger partial charge in [-0.2, -0.15) is 0 Å². The van der Waals surface area contributed by atoms with Crippen molar-refractivity contribution in [2.75, 3.05) is 6.54 Å². The zero-order valence-electron chi connectivity index (χ0n) is 14.6. The Kier molecular flexibility index (Phi) is 8.49. The number of guanidine groups is 1. The van der Waals surface area contributed by atoms with Gasteiger partial charge >= 0.3 is 0 Å². The first kappa shape index (κ1) is 20.3. The number of nitrogens with zero attached hydrogens (tertiary/aromatic N) is 3. The molecule has 2 heterocycles. The fourth-order valence-electron chi connectivity index (χ4n) is 2.29. The normalized spacial score (nSPS) is 10.9. The third kappa shape index (κ3) is 6.06. The summed E-state index contributed by atoms with van der Waals surface area (Å²) in [4.78, 5) is 13.6. The van der Waals surface area contributed by atoms with Crippen LogP contribution in [-0.4, -0.2) is 22.5 Å². The number of halogens is 1. The highest BCUT2D eigenvalue weighted by Gasteiger charge is 2.05. The number of benzene rings is 1. The molecular formula is C19H22IN5S. The molecule has 1 aromatic carbocycles. The van der Waals surface area contributed by atoms with Gasteiger partial charge in [-0.15, -0.1) is 35.3 Å². The predicted molar refractivity (Wildman–Crippen MR) is 119 cm³/mol. The van der Waals surface area contributed by atoms with Crippen molar-refractivity contribution in [3.05, 3.63) is 70.8 Å². The number of pyridine rings is 1. The molecule has 0 fully saturated rings. The monoisotopic (exact) mass is 479 g/mol. The van der Waals surface area contributed by atoms with E-state index in [0.717, 1.165) is 34.5 Å². The Hall–Kier alpha value is -2.00. The summed E-state index contributed by atoms with van der Waals surface area (Å²) in [6.45, 7) is 4.05. The van der Waals surface area contributed by atoms with Crippen LogP contribution in [0.4, 0.5) is 0 Å². The summed E-state index contributed by atoms with van der Waals surface area (Å²) in [5.74, 6) is 0.768. The quantitative estimate of drug-likeness (QED) is 0.318. The molecule has 0 amide bonds. The zero-order valence-corrected chi connectivity index (χ0v) is 17.7. The van der Waals surface area contributed by atoms with Crippen LogP contribution in [0.25, 0.3) is 11.3 Å². The van der Waals surface area contributed by atoms with Gasteiger partial charge in [-0.3, -0.25) is 4.98 Å². The van der Waals surface area contributed by atoms with Gasteiger partial charge in [0.1, 0.15) is 5.01 Å². The summed E-state index contributed by atoms with van der Waals surface area (Å²) in [6.07, 6.45) is 1.78. The lowest BCUT2D eigenvalue weighted by Crippen LogP contribution is -2.36. The average Bonchev–Trinajstić information content (AvgIpc) is 3.15. The second-order valence-electron chi connectivity index (χ2n) is 5.36. The van der Waals surface area contributed by atoms with Crippen LogP contribution in [0.15, 0.2) is 65.1 Å². The number of hydrogen-bond donors (Lipinski definition) is 2. The van der Waals surface area contributed by atoms with Gasteiger partial charge < -0.3 is 10.6 Å². The van der Waals surface area contributed by atoms with Crippen LogP contribution in [0.2, 0.25) is 0 Å². The van der Waals surface area contributed by atoms with Crippen LogP contribution in [0.5, 0.6) is 0 Å². The average molecular weight is 479 g/mol. The lowest BCUT2D eigenvalue weighted by molar-refractivity contribution is 0.808. The summed E-state index contributed by atoms with van der Waals surface area (Å²) in [6, 6.07) is 16.1. The first-order valence-electron chi connectivity index (χ1n) is 8.27. The molecule has 0 aliphatic carbocycles. The Balaban J connectivity index is 0.00000243. The summed E-state index contributed by atoms with van der Waals surface area (Å²) >= 11 is 1.65. The molecule has 26 heavy (non-hydrogen) atoms. The molecule has 0 bridgehead atoms. The Morgan fingerprint density at radius 3 is 2.62 bits per heavy atom. The van der Waals surface area contributed by atoms with E-state index in [-0.39, 0.29) is 24.0 Å². The van der Waals surface area contributed by atoms with Crippen molar-refractivity contribution in [3.63, 3.8) is 0 Å². The molecule has 2 aromatic heterocycles. The maximum Gasteiger partial charge on any atom is 0.191 e. The summed E-state index contributed by atoms with van der Waals surface area (Å²) < 4.78 is 0. The first-order chi connectivity index (χ1) is 12.3. The van der Waals surface area contributed by atoms with Crippen LogP contribution >= 0.6 is 35.3 Å². The Morgan fingerprint density at radius 1 is 1.08 bits per heavy atom. The zero-order chi connectivity index (χ0) is 17.3. The SMILES string of the molecule is CCNC(=NCc1ccccn1)NCc1nc(-c2ccccc2)cs1.I. The largest absolute Gasteiger partial charge is 0.357 e. The van der Waals surface area contributed by atoms with Crippen molar-refractivity contribution in [2.45, 2.75) is 20.0 Å². The second kappa shape index (κ2) is 10.9. The topological polar surface area (TPSA) is 62.2 Å². The van der Waals surface area contributed by atoms with E-state index in [1.165, 1.54) is 0 Å². The van der Waals surface area contributed by atoms with Crippen molar-refractivity contribution >= 4 is 41.3 Å². The molecule has 0 spiro atoms. The van der Waals surface area contributed by atoms with Gasteiger partial charge in [0, 0.05) is 23.7 Å². The first-order valence-corrected chi connectivity index (χ1v) is 9.15. The van der Waals surface area contributed by atoms with Crippen LogP contribution < -0.4 is 10.6 Å². The summed E-state index contributed by atoms with van der Waals surface area (Å²) in [5, 5.41) is 9.70. The molecule has 3 rings (SSSR count). The van der Waals surface area contributed by atoms with Gasteiger partial charge in [0.05, 0.1) is 24.5 Å². The molecule has 2 N–H and O–H groups in total. The molecule has 0 saturated carbocycles. The number of thiazole rings is 1. The van der Waals surface area contributed by atoms with Crippen LogP contribution in [-0.2, 0) is 13.1 Å². The van der Waals surface area contributed by atoms with Crippen LogP contribution in [0, 0.1) is 0 Å². The molecule has 5 nitrogen and oxygen atoms in total. The molecule has 0 aliphatic heterocycles. The minimum Gasteiger partial charge on any atom is -0.357 e. The van der Waals surface area contributed by atoms with Crippen molar-refractivity contribution < 1.29 is 0 Å². The Bertz CT molecular complexity index is 805. The third-order valence-electron chi connectivity index (χ3n) is 3.50. The van der Waals surface area contributed by atoms with Gasteiger partial charge in [0.2, 0.25) is 0 Å². The highest BCUT2D eigenvalue weighted by molar-refractivity contribution is 14.0. The van der Waals surface area contributed by atoms with Crippen molar-refractivity contribution in [1.29, 1.82) is 0 Å². The molecular weight excluding hydrogens is 457 g/mol. The number of aliphatic imine (C=N–C) groups is 1. The summed E-state index contributed by atoms with van der Waals surface area (Å²) in [7, 11) is 0. The van der Waals surface area contributed by atoms with Crippen LogP contribution in [0.3, 0.4) is 0 Å². The van der Waals surface area contributed by atoms with E-state index in [0.29, 0.717) is 13.1 Å². The van der Waals surface area contributed by atoms with E-state index in [4.69, 9.17) is 4.98 Å². The molecule has 136 valence electrons. The lowest BCUT2D eigenvalue weighted by atomic mass is 10.2. The van der Waals surface area contributed by atoms with Crippen molar-refractivity contribution in [2.24, 2.45) is 4.99 Å². The maximum absolute atomic E-state index is 4.69. The Morgan fingerprint density at radius 2 is 1.88 bits per heavy atom. The van der Waals surface area contributed by atoms with Gasteiger partial charge in [-0.05, 0) is 19.1 Å². The fraction of sp³-hybridized carbons (Fsp3) is 0.211. The van der Waals surface area contributed by atoms with Crippen LogP contribution in [0.1, 0.15) is 17.6 Å². The maximum atomic E-state index is 4.69. The molecule has 0 aliphatic rings. The third-order valence-corrected chi connectivity index (χ3v) is 4.35. The van der Waals surface area contributed by atoms with E-state index in [1.54, 1.807) is 17.5 Å². The second-order valence-corrected chi connectivity index (χ2v) is 6.30. The van der Waals surface area contributed by atoms with Gasteiger partial charge in [0.15, 0.2) is 5.96 Å². The smallest absolute Gasteiger partial charge is 0.191 e. The fourth-order valence-corrected chi connectivity index (χ4v) is 3.03. The molecule has 0 atom stereocenters. The minimum absolute atomic E-state index is 0. The van der Waals surface area contributed by atoms with Crippen molar-refractivity contribution in [1.82, 2.24) is 20.6 Å². The van der Waals surface area contributed by atoms with E-state index in [9.17, 15) is 0 Å². The highest BCUT2D eigenvalue weighted by Crippen LogP contribution is 2.21. The van der Waals surface area contributed by atoms with Crippen molar-refractivity contribution in [3.8, 4) is 11.3 Å². The lowest BCUT2D eigenvalue weighted by Gasteiger charge is -2.09. The number of rotatable bonds is 6. The molecule has 0 unspecified atom stereocenters. The van der Waals surface area contributed by atoms with Gasteiger partial charge in [-0.1, -0.05) is 36.4 Å². The minimum atomic E-state index is 0. The molecule has 0 radical (unpaired) electrons. The molecule has 0 saturated heterocycles. The van der Waals surface area contributed by atoms with Gasteiger partial charge in [0.25, 0.3) is 0 Å². The van der Waals surface area contributed by atoms with Gasteiger partial charge in [-0.25, -0.2) is 9.98 Å². The van der Waals surface area contributed by atoms with E-state index in [2.05, 4.69) is 45.0 Å². The number of aromatic nitrogens is 2.